The number of nitrogens with zero attached hydrogens (tertiary/aromatic N) is 4. The van der Waals surface area contributed by atoms with E-state index in [4.69, 9.17) is 4.99 Å². The molecule has 0 radical (unpaired) electrons. The first-order valence-corrected chi connectivity index (χ1v) is 10.2. The molecule has 0 aromatic carbocycles. The van der Waals surface area contributed by atoms with Crippen molar-refractivity contribution in [3.8, 4) is 0 Å². The van der Waals surface area contributed by atoms with Gasteiger partial charge in [-0.05, 0) is 54.9 Å². The molecule has 7 nitrogen and oxygen atoms in total. The Morgan fingerprint density at radius 3 is 3.00 bits per heavy atom. The molecular formula is C23H30N6O. The van der Waals surface area contributed by atoms with Crippen molar-refractivity contribution >= 4 is 23.3 Å². The van der Waals surface area contributed by atoms with E-state index in [9.17, 15) is 4.79 Å². The maximum atomic E-state index is 11.0. The number of aliphatic imine (C=N–C) groups is 1. The zero-order valence-corrected chi connectivity index (χ0v) is 18.0. The van der Waals surface area contributed by atoms with E-state index >= 15 is 0 Å². The monoisotopic (exact) mass is 406 g/mol. The molecular weight excluding hydrogens is 376 g/mol. The van der Waals surface area contributed by atoms with Gasteiger partial charge >= 0.3 is 0 Å². The van der Waals surface area contributed by atoms with E-state index in [1.54, 1.807) is 12.4 Å². The molecule has 0 saturated carbocycles. The molecule has 158 valence electrons. The first kappa shape index (κ1) is 21.6. The van der Waals surface area contributed by atoms with Crippen molar-refractivity contribution in [3.05, 3.63) is 60.2 Å². The molecule has 2 aromatic rings. The molecule has 0 amide bonds. The number of aldehydes is 1. The number of allylic oxidation sites excluding steroid dienone is 4. The summed E-state index contributed by atoms with van der Waals surface area (Å²) in [5.74, 6) is 0. The summed E-state index contributed by atoms with van der Waals surface area (Å²) >= 11 is 0. The Morgan fingerprint density at radius 1 is 1.43 bits per heavy atom. The van der Waals surface area contributed by atoms with Gasteiger partial charge in [0.15, 0.2) is 5.65 Å². The Labute approximate surface area is 177 Å². The normalized spacial score (nSPS) is 17.0. The quantitative estimate of drug-likeness (QED) is 0.285. The van der Waals surface area contributed by atoms with Gasteiger partial charge in [-0.3, -0.25) is 19.5 Å². The van der Waals surface area contributed by atoms with Crippen LogP contribution in [0.5, 0.6) is 0 Å². The predicted molar refractivity (Wildman–Crippen MR) is 122 cm³/mol. The second kappa shape index (κ2) is 9.63. The van der Waals surface area contributed by atoms with Crippen molar-refractivity contribution in [2.75, 3.05) is 18.5 Å². The minimum Gasteiger partial charge on any atom is -0.358 e. The van der Waals surface area contributed by atoms with Gasteiger partial charge in [0.1, 0.15) is 12.6 Å². The number of hydrogen-bond donors (Lipinski definition) is 2. The van der Waals surface area contributed by atoms with Gasteiger partial charge in [-0.1, -0.05) is 26.5 Å². The third-order valence-electron chi connectivity index (χ3n) is 5.28. The van der Waals surface area contributed by atoms with Crippen LogP contribution in [0.4, 0.5) is 5.69 Å². The minimum absolute atomic E-state index is 0.327. The standard InChI is InChI=1S/C23H30N6O/c1-17(8-12-30)22(19-5-9-23(3,4)10-6-19)25-15-24-14-18(2)27-20-7-11-29-16-26-28-21(29)13-20/h5,7-8,11-13,16,24,27H,2,6,9-10,14-15H2,1,3-4H3/b17-8-,25-22+. The van der Waals surface area contributed by atoms with E-state index in [1.165, 1.54) is 5.57 Å². The summed E-state index contributed by atoms with van der Waals surface area (Å²) < 4.78 is 1.85. The van der Waals surface area contributed by atoms with Crippen molar-refractivity contribution in [1.29, 1.82) is 0 Å². The van der Waals surface area contributed by atoms with Crippen molar-refractivity contribution < 1.29 is 4.79 Å². The molecule has 0 unspecified atom stereocenters. The fourth-order valence-corrected chi connectivity index (χ4v) is 3.44. The second-order valence-electron chi connectivity index (χ2n) is 8.42. The van der Waals surface area contributed by atoms with E-state index in [2.05, 4.69) is 47.3 Å². The highest BCUT2D eigenvalue weighted by Crippen LogP contribution is 2.35. The molecule has 1 aliphatic carbocycles. The van der Waals surface area contributed by atoms with E-state index in [0.717, 1.165) is 53.9 Å². The summed E-state index contributed by atoms with van der Waals surface area (Å²) in [6.45, 7) is 11.6. The Bertz CT molecular complexity index is 1010. The van der Waals surface area contributed by atoms with Gasteiger partial charge in [0.2, 0.25) is 0 Å². The molecule has 0 atom stereocenters. The number of anilines is 1. The molecule has 0 bridgehead atoms. The maximum Gasteiger partial charge on any atom is 0.162 e. The molecule has 2 aromatic heterocycles. The first-order chi connectivity index (χ1) is 14.4. The van der Waals surface area contributed by atoms with Crippen molar-refractivity contribution in [2.45, 2.75) is 40.0 Å². The summed E-state index contributed by atoms with van der Waals surface area (Å²) in [5, 5.41) is 14.5. The van der Waals surface area contributed by atoms with Gasteiger partial charge < -0.3 is 5.32 Å². The van der Waals surface area contributed by atoms with Crippen LogP contribution in [0.3, 0.4) is 0 Å². The third-order valence-corrected chi connectivity index (χ3v) is 5.28. The van der Waals surface area contributed by atoms with Gasteiger partial charge in [-0.2, -0.15) is 0 Å². The first-order valence-electron chi connectivity index (χ1n) is 10.2. The number of nitrogens with one attached hydrogen (secondary N) is 2. The lowest BCUT2D eigenvalue weighted by molar-refractivity contribution is -0.104. The van der Waals surface area contributed by atoms with Gasteiger partial charge in [0, 0.05) is 30.2 Å². The molecule has 0 fully saturated rings. The van der Waals surface area contributed by atoms with Gasteiger partial charge in [-0.25, -0.2) is 0 Å². The van der Waals surface area contributed by atoms with Crippen LogP contribution in [0.15, 0.2) is 65.2 Å². The lowest BCUT2D eigenvalue weighted by atomic mass is 9.77. The molecule has 7 heteroatoms. The van der Waals surface area contributed by atoms with Crippen LogP contribution >= 0.6 is 0 Å². The minimum atomic E-state index is 0.327. The summed E-state index contributed by atoms with van der Waals surface area (Å²) in [5.41, 5.74) is 5.88. The molecule has 3 rings (SSSR count). The Morgan fingerprint density at radius 2 is 2.27 bits per heavy atom. The highest BCUT2D eigenvalue weighted by Gasteiger charge is 2.23. The predicted octanol–water partition coefficient (Wildman–Crippen LogP) is 3.92. The van der Waals surface area contributed by atoms with Crippen molar-refractivity contribution in [1.82, 2.24) is 19.9 Å². The summed E-state index contributed by atoms with van der Waals surface area (Å²) in [4.78, 5) is 15.7. The van der Waals surface area contributed by atoms with E-state index in [0.29, 0.717) is 18.6 Å². The zero-order valence-electron chi connectivity index (χ0n) is 18.0. The molecule has 1 aliphatic rings. The lowest BCUT2D eigenvalue weighted by Gasteiger charge is -2.29. The maximum absolute atomic E-state index is 11.0. The molecule has 0 aliphatic heterocycles. The molecule has 0 spiro atoms. The van der Waals surface area contributed by atoms with Crippen LogP contribution in [0.1, 0.15) is 40.0 Å². The summed E-state index contributed by atoms with van der Waals surface area (Å²) in [6, 6.07) is 3.86. The second-order valence-corrected chi connectivity index (χ2v) is 8.42. The van der Waals surface area contributed by atoms with E-state index in [-0.39, 0.29) is 0 Å². The van der Waals surface area contributed by atoms with Crippen LogP contribution < -0.4 is 10.6 Å². The highest BCUT2D eigenvalue weighted by molar-refractivity contribution is 6.13. The van der Waals surface area contributed by atoms with Gasteiger partial charge in [0.05, 0.1) is 12.4 Å². The molecule has 0 saturated heterocycles. The Balaban J connectivity index is 1.57. The Kier molecular flexibility index (Phi) is 6.95. The fourth-order valence-electron chi connectivity index (χ4n) is 3.44. The van der Waals surface area contributed by atoms with Gasteiger partial charge in [0.25, 0.3) is 0 Å². The topological polar surface area (TPSA) is 83.7 Å². The van der Waals surface area contributed by atoms with Crippen molar-refractivity contribution in [2.24, 2.45) is 10.4 Å². The van der Waals surface area contributed by atoms with Crippen LogP contribution in [0.25, 0.3) is 5.65 Å². The number of aromatic nitrogens is 3. The third kappa shape index (κ3) is 5.73. The highest BCUT2D eigenvalue weighted by atomic mass is 16.1. The van der Waals surface area contributed by atoms with Crippen LogP contribution in [-0.2, 0) is 4.79 Å². The van der Waals surface area contributed by atoms with Crippen LogP contribution in [0, 0.1) is 5.41 Å². The zero-order chi connectivity index (χ0) is 21.6. The molecule has 2 heterocycles. The van der Waals surface area contributed by atoms with Crippen molar-refractivity contribution in [3.63, 3.8) is 0 Å². The van der Waals surface area contributed by atoms with Crippen LogP contribution in [-0.4, -0.2) is 39.8 Å². The number of rotatable bonds is 9. The number of pyridine rings is 1. The fraction of sp³-hybridized carbons (Fsp3) is 0.391. The lowest BCUT2D eigenvalue weighted by Crippen LogP contribution is -2.23. The number of carbonyl (C=O) groups excluding carboxylic acids is 1. The van der Waals surface area contributed by atoms with E-state index < -0.39 is 0 Å². The number of carbonyl (C=O) groups is 1. The molecule has 2 N–H and O–H groups in total. The Hall–Kier alpha value is -3.06. The van der Waals surface area contributed by atoms with Crippen LogP contribution in [0.2, 0.25) is 0 Å². The smallest absolute Gasteiger partial charge is 0.162 e. The SMILES string of the molecule is C=C(CNC/N=C(C1=CCC(C)(C)CC1)\C(C)=C/C=O)Nc1ccn2cnnc2c1. The number of fused-ring (bicyclic) bond motifs is 1. The summed E-state index contributed by atoms with van der Waals surface area (Å²) in [6.07, 6.45) is 11.4. The molecule has 30 heavy (non-hydrogen) atoms. The number of hydrogen-bond acceptors (Lipinski definition) is 6. The van der Waals surface area contributed by atoms with Gasteiger partial charge in [-0.15, -0.1) is 10.2 Å². The summed E-state index contributed by atoms with van der Waals surface area (Å²) in [7, 11) is 0. The largest absolute Gasteiger partial charge is 0.358 e. The average Bonchev–Trinajstić information content (AvgIpc) is 3.16. The van der Waals surface area contributed by atoms with E-state index in [1.807, 2.05) is 29.7 Å². The average molecular weight is 407 g/mol.